The minimum Gasteiger partial charge on any atom is -0.458 e. The van der Waals surface area contributed by atoms with Gasteiger partial charge in [0.05, 0.1) is 0 Å². The fourth-order valence-corrected chi connectivity index (χ4v) is 1.71. The van der Waals surface area contributed by atoms with Crippen LogP contribution in [0.5, 0.6) is 0 Å². The molecule has 0 spiro atoms. The second-order valence-electron chi connectivity index (χ2n) is 3.75. The fourth-order valence-electron chi connectivity index (χ4n) is 1.52. The van der Waals surface area contributed by atoms with Gasteiger partial charge in [-0.2, -0.15) is 0 Å². The lowest BCUT2D eigenvalue weighted by Gasteiger charge is -2.02. The summed E-state index contributed by atoms with van der Waals surface area (Å²) in [4.78, 5) is 11.8. The van der Waals surface area contributed by atoms with Crippen molar-refractivity contribution in [3.05, 3.63) is 58.3 Å². The standard InChI is InChI=1S/C13H10ClFO2/c1-8-2-5-13(17-8)12(16)7-9-6-10(15)3-4-11(9)14/h2-6H,7H2,1H3. The van der Waals surface area contributed by atoms with Crippen LogP contribution in [-0.4, -0.2) is 5.78 Å². The first kappa shape index (κ1) is 11.9. The number of hydrogen-bond donors (Lipinski definition) is 0. The van der Waals surface area contributed by atoms with Gasteiger partial charge in [0.1, 0.15) is 11.6 Å². The van der Waals surface area contributed by atoms with Crippen LogP contribution >= 0.6 is 11.6 Å². The second-order valence-corrected chi connectivity index (χ2v) is 4.15. The number of aryl methyl sites for hydroxylation is 1. The van der Waals surface area contributed by atoms with E-state index < -0.39 is 5.82 Å². The average Bonchev–Trinajstić information content (AvgIpc) is 2.70. The number of furan rings is 1. The summed E-state index contributed by atoms with van der Waals surface area (Å²) < 4.78 is 18.2. The van der Waals surface area contributed by atoms with Gasteiger partial charge in [-0.3, -0.25) is 4.79 Å². The molecule has 4 heteroatoms. The van der Waals surface area contributed by atoms with Crippen LogP contribution in [-0.2, 0) is 6.42 Å². The zero-order valence-corrected chi connectivity index (χ0v) is 9.92. The third-order valence-electron chi connectivity index (χ3n) is 2.37. The van der Waals surface area contributed by atoms with E-state index in [9.17, 15) is 9.18 Å². The lowest BCUT2D eigenvalue weighted by atomic mass is 10.1. The zero-order valence-electron chi connectivity index (χ0n) is 9.17. The fraction of sp³-hybridized carbons (Fsp3) is 0.154. The highest BCUT2D eigenvalue weighted by atomic mass is 35.5. The first-order valence-corrected chi connectivity index (χ1v) is 5.47. The zero-order chi connectivity index (χ0) is 12.4. The number of ketones is 1. The van der Waals surface area contributed by atoms with Gasteiger partial charge in [0.25, 0.3) is 0 Å². The lowest BCUT2D eigenvalue weighted by Crippen LogP contribution is -2.03. The van der Waals surface area contributed by atoms with Crippen molar-refractivity contribution in [3.63, 3.8) is 0 Å². The molecule has 0 fully saturated rings. The smallest absolute Gasteiger partial charge is 0.202 e. The molecule has 1 aromatic heterocycles. The maximum Gasteiger partial charge on any atom is 0.202 e. The van der Waals surface area contributed by atoms with Gasteiger partial charge in [-0.1, -0.05) is 11.6 Å². The number of hydrogen-bond acceptors (Lipinski definition) is 2. The molecule has 1 heterocycles. The molecule has 0 amide bonds. The van der Waals surface area contributed by atoms with Gasteiger partial charge >= 0.3 is 0 Å². The number of carbonyl (C=O) groups excluding carboxylic acids is 1. The molecular formula is C13H10ClFO2. The topological polar surface area (TPSA) is 30.2 Å². The normalized spacial score (nSPS) is 10.5. The Bertz CT molecular complexity index is 560. The van der Waals surface area contributed by atoms with Gasteiger partial charge in [-0.05, 0) is 42.8 Å². The largest absolute Gasteiger partial charge is 0.458 e. The van der Waals surface area contributed by atoms with Gasteiger partial charge in [-0.15, -0.1) is 0 Å². The van der Waals surface area contributed by atoms with Crippen molar-refractivity contribution >= 4 is 17.4 Å². The molecule has 2 nitrogen and oxygen atoms in total. The first-order chi connectivity index (χ1) is 8.06. The van der Waals surface area contributed by atoms with Crippen molar-refractivity contribution in [1.29, 1.82) is 0 Å². The first-order valence-electron chi connectivity index (χ1n) is 5.10. The SMILES string of the molecule is Cc1ccc(C(=O)Cc2cc(F)ccc2Cl)o1. The van der Waals surface area contributed by atoms with E-state index in [-0.39, 0.29) is 18.0 Å². The third kappa shape index (κ3) is 2.74. The van der Waals surface area contributed by atoms with Crippen LogP contribution < -0.4 is 0 Å². The molecular weight excluding hydrogens is 243 g/mol. The number of halogens is 2. The molecule has 0 N–H and O–H groups in total. The minimum absolute atomic E-state index is 0.0313. The predicted molar refractivity (Wildman–Crippen MR) is 62.9 cm³/mol. The van der Waals surface area contributed by atoms with E-state index in [4.69, 9.17) is 16.0 Å². The van der Waals surface area contributed by atoms with E-state index >= 15 is 0 Å². The summed E-state index contributed by atoms with van der Waals surface area (Å²) in [7, 11) is 0. The molecule has 0 saturated heterocycles. The van der Waals surface area contributed by atoms with Crippen LogP contribution in [0.15, 0.2) is 34.7 Å². The number of benzene rings is 1. The highest BCUT2D eigenvalue weighted by molar-refractivity contribution is 6.31. The van der Waals surface area contributed by atoms with Crippen molar-refractivity contribution in [3.8, 4) is 0 Å². The number of rotatable bonds is 3. The molecule has 1 aromatic carbocycles. The van der Waals surface area contributed by atoms with Crippen LogP contribution in [0, 0.1) is 12.7 Å². The van der Waals surface area contributed by atoms with E-state index in [1.807, 2.05) is 0 Å². The Hall–Kier alpha value is -1.61. The highest BCUT2D eigenvalue weighted by Crippen LogP contribution is 2.19. The summed E-state index contributed by atoms with van der Waals surface area (Å²) in [5.41, 5.74) is 0.464. The average molecular weight is 253 g/mol. The van der Waals surface area contributed by atoms with Crippen molar-refractivity contribution in [2.24, 2.45) is 0 Å². The van der Waals surface area contributed by atoms with E-state index in [1.165, 1.54) is 18.2 Å². The molecule has 2 rings (SSSR count). The molecule has 0 bridgehead atoms. The van der Waals surface area contributed by atoms with E-state index in [2.05, 4.69) is 0 Å². The van der Waals surface area contributed by atoms with Gasteiger partial charge in [-0.25, -0.2) is 4.39 Å². The van der Waals surface area contributed by atoms with E-state index in [0.717, 1.165) is 0 Å². The van der Waals surface area contributed by atoms with Crippen LogP contribution in [0.25, 0.3) is 0 Å². The Labute approximate surface area is 103 Å². The molecule has 2 aromatic rings. The summed E-state index contributed by atoms with van der Waals surface area (Å²) in [5.74, 6) is 0.306. The summed E-state index contributed by atoms with van der Waals surface area (Å²) in [6.45, 7) is 1.76. The molecule has 0 saturated carbocycles. The molecule has 0 radical (unpaired) electrons. The van der Waals surface area contributed by atoms with Gasteiger partial charge in [0.15, 0.2) is 5.76 Å². The Kier molecular flexibility index (Phi) is 3.29. The summed E-state index contributed by atoms with van der Waals surface area (Å²) in [5, 5.41) is 0.378. The maximum absolute atomic E-state index is 13.0. The Balaban J connectivity index is 2.21. The van der Waals surface area contributed by atoms with Crippen LogP contribution in [0.4, 0.5) is 4.39 Å². The second kappa shape index (κ2) is 4.72. The molecule has 0 unspecified atom stereocenters. The van der Waals surface area contributed by atoms with Crippen molar-refractivity contribution < 1.29 is 13.6 Å². The van der Waals surface area contributed by atoms with E-state index in [1.54, 1.807) is 19.1 Å². The molecule has 88 valence electrons. The van der Waals surface area contributed by atoms with Crippen LogP contribution in [0.3, 0.4) is 0 Å². The molecule has 0 aliphatic heterocycles. The monoisotopic (exact) mass is 252 g/mol. The number of Topliss-reactive ketones (excluding diaryl/α,β-unsaturated/α-hetero) is 1. The number of carbonyl (C=O) groups is 1. The van der Waals surface area contributed by atoms with Crippen molar-refractivity contribution in [2.75, 3.05) is 0 Å². The summed E-state index contributed by atoms with van der Waals surface area (Å²) >= 11 is 5.88. The molecule has 17 heavy (non-hydrogen) atoms. The highest BCUT2D eigenvalue weighted by Gasteiger charge is 2.13. The molecule has 0 aliphatic carbocycles. The van der Waals surface area contributed by atoms with Crippen LogP contribution in [0.2, 0.25) is 5.02 Å². The van der Waals surface area contributed by atoms with Gasteiger partial charge in [0, 0.05) is 11.4 Å². The Morgan fingerprint density at radius 2 is 2.12 bits per heavy atom. The summed E-state index contributed by atoms with van der Waals surface area (Å²) in [6, 6.07) is 7.27. The molecule has 0 atom stereocenters. The van der Waals surface area contributed by atoms with Gasteiger partial charge in [0.2, 0.25) is 5.78 Å². The van der Waals surface area contributed by atoms with Crippen LogP contribution in [0.1, 0.15) is 21.9 Å². The lowest BCUT2D eigenvalue weighted by molar-refractivity contribution is 0.0965. The predicted octanol–water partition coefficient (Wildman–Crippen LogP) is 3.81. The van der Waals surface area contributed by atoms with Crippen molar-refractivity contribution in [2.45, 2.75) is 13.3 Å². The van der Waals surface area contributed by atoms with Crippen molar-refractivity contribution in [1.82, 2.24) is 0 Å². The summed E-state index contributed by atoms with van der Waals surface area (Å²) in [6.07, 6.45) is 0.0313. The quantitative estimate of drug-likeness (QED) is 0.778. The van der Waals surface area contributed by atoms with Gasteiger partial charge < -0.3 is 4.42 Å². The molecule has 0 aliphatic rings. The van der Waals surface area contributed by atoms with E-state index in [0.29, 0.717) is 16.3 Å². The Morgan fingerprint density at radius 3 is 2.76 bits per heavy atom. The minimum atomic E-state index is -0.409. The maximum atomic E-state index is 13.0. The third-order valence-corrected chi connectivity index (χ3v) is 2.74. The Morgan fingerprint density at radius 1 is 1.35 bits per heavy atom.